The van der Waals surface area contributed by atoms with Crippen molar-refractivity contribution in [3.63, 3.8) is 0 Å². The molecule has 1 fully saturated rings. The van der Waals surface area contributed by atoms with E-state index in [2.05, 4.69) is 27.9 Å². The lowest BCUT2D eigenvalue weighted by Crippen LogP contribution is -2.44. The van der Waals surface area contributed by atoms with Crippen LogP contribution in [0.2, 0.25) is 0 Å². The molecule has 3 aromatic rings. The normalized spacial score (nSPS) is 18.6. The molecule has 1 unspecified atom stereocenters. The fraction of sp³-hybridized carbons (Fsp3) is 0.346. The van der Waals surface area contributed by atoms with Gasteiger partial charge >= 0.3 is 0 Å². The summed E-state index contributed by atoms with van der Waals surface area (Å²) in [6.07, 6.45) is 6.48. The molecule has 5 rings (SSSR count). The molecule has 1 saturated heterocycles. The molecule has 2 aliphatic rings. The third kappa shape index (κ3) is 5.22. The summed E-state index contributed by atoms with van der Waals surface area (Å²) in [4.78, 5) is 24.7. The Kier molecular flexibility index (Phi) is 6.20. The lowest BCUT2D eigenvalue weighted by atomic mass is 9.85. The molecule has 0 saturated carbocycles. The minimum absolute atomic E-state index is 0.0342. The van der Waals surface area contributed by atoms with E-state index in [1.807, 2.05) is 47.3 Å². The summed E-state index contributed by atoms with van der Waals surface area (Å²) in [6.45, 7) is 1.35. The number of hydrogen-bond donors (Lipinski definition) is 2. The Morgan fingerprint density at radius 3 is 2.76 bits per heavy atom. The number of nitrogens with zero attached hydrogens (tertiary/aromatic N) is 2. The standard InChI is InChI=1S/C26H28N4O4/c31-24(27-14-21-15-28-30(17-21)16-19-4-2-1-3-5-19)8-10-26(11-9-25(32)29-26)13-20-6-7-22-23(12-20)34-18-33-22/h1-7,12,15,17H,8-11,13-14,16,18H2,(H,27,31)(H,29,32). The molecule has 8 nitrogen and oxygen atoms in total. The van der Waals surface area contributed by atoms with E-state index in [0.29, 0.717) is 45.2 Å². The molecule has 2 N–H and O–H groups in total. The molecule has 2 amide bonds. The molecule has 8 heteroatoms. The maximum absolute atomic E-state index is 12.6. The quantitative estimate of drug-likeness (QED) is 0.512. The Morgan fingerprint density at radius 2 is 1.94 bits per heavy atom. The molecule has 34 heavy (non-hydrogen) atoms. The number of carbonyl (C=O) groups excluding carboxylic acids is 2. The van der Waals surface area contributed by atoms with E-state index in [4.69, 9.17) is 9.47 Å². The van der Waals surface area contributed by atoms with E-state index in [1.165, 1.54) is 5.56 Å². The van der Waals surface area contributed by atoms with Crippen LogP contribution in [0.25, 0.3) is 0 Å². The Bertz CT molecular complexity index is 1180. The first-order chi connectivity index (χ1) is 16.6. The van der Waals surface area contributed by atoms with Crippen LogP contribution >= 0.6 is 0 Å². The molecular formula is C26H28N4O4. The maximum Gasteiger partial charge on any atom is 0.231 e. The highest BCUT2D eigenvalue weighted by molar-refractivity contribution is 5.80. The van der Waals surface area contributed by atoms with Gasteiger partial charge in [0.25, 0.3) is 0 Å². The Balaban J connectivity index is 1.14. The van der Waals surface area contributed by atoms with Crippen LogP contribution in [0.4, 0.5) is 0 Å². The smallest absolute Gasteiger partial charge is 0.231 e. The Labute approximate surface area is 198 Å². The zero-order chi connectivity index (χ0) is 23.4. The summed E-state index contributed by atoms with van der Waals surface area (Å²) in [5.74, 6) is 1.45. The maximum atomic E-state index is 12.6. The Morgan fingerprint density at radius 1 is 1.09 bits per heavy atom. The number of rotatable bonds is 9. The SMILES string of the molecule is O=C(CCC1(Cc2ccc3c(c2)OCO3)CCC(=O)N1)NCc1cnn(Cc2ccccc2)c1. The lowest BCUT2D eigenvalue weighted by Gasteiger charge is -2.29. The largest absolute Gasteiger partial charge is 0.454 e. The fourth-order valence-electron chi connectivity index (χ4n) is 4.62. The van der Waals surface area contributed by atoms with Gasteiger partial charge in [-0.1, -0.05) is 36.4 Å². The van der Waals surface area contributed by atoms with Crippen LogP contribution in [0.3, 0.4) is 0 Å². The van der Waals surface area contributed by atoms with Crippen molar-refractivity contribution in [3.8, 4) is 11.5 Å². The molecule has 3 heterocycles. The monoisotopic (exact) mass is 460 g/mol. The minimum Gasteiger partial charge on any atom is -0.454 e. The highest BCUT2D eigenvalue weighted by Crippen LogP contribution is 2.36. The first-order valence-electron chi connectivity index (χ1n) is 11.6. The summed E-state index contributed by atoms with van der Waals surface area (Å²) < 4.78 is 12.7. The molecule has 0 spiro atoms. The van der Waals surface area contributed by atoms with E-state index in [9.17, 15) is 9.59 Å². The number of nitrogens with one attached hydrogen (secondary N) is 2. The average molecular weight is 461 g/mol. The number of benzene rings is 2. The van der Waals surface area contributed by atoms with E-state index in [1.54, 1.807) is 6.20 Å². The zero-order valence-corrected chi connectivity index (χ0v) is 19.0. The number of aromatic nitrogens is 2. The van der Waals surface area contributed by atoms with Gasteiger partial charge in [-0.3, -0.25) is 14.3 Å². The van der Waals surface area contributed by atoms with Crippen LogP contribution in [0.1, 0.15) is 42.4 Å². The van der Waals surface area contributed by atoms with Crippen molar-refractivity contribution in [1.82, 2.24) is 20.4 Å². The van der Waals surface area contributed by atoms with Crippen molar-refractivity contribution in [2.75, 3.05) is 6.79 Å². The predicted octanol–water partition coefficient (Wildman–Crippen LogP) is 2.95. The van der Waals surface area contributed by atoms with Crippen LogP contribution in [-0.2, 0) is 29.1 Å². The number of carbonyl (C=O) groups is 2. The highest BCUT2D eigenvalue weighted by Gasteiger charge is 2.38. The molecule has 176 valence electrons. The molecular weight excluding hydrogens is 432 g/mol. The predicted molar refractivity (Wildman–Crippen MR) is 125 cm³/mol. The zero-order valence-electron chi connectivity index (χ0n) is 19.0. The summed E-state index contributed by atoms with van der Waals surface area (Å²) in [5, 5.41) is 10.5. The Hall–Kier alpha value is -3.81. The number of hydrogen-bond acceptors (Lipinski definition) is 5. The molecule has 1 aromatic heterocycles. The van der Waals surface area contributed by atoms with Gasteiger partial charge in [-0.05, 0) is 42.5 Å². The van der Waals surface area contributed by atoms with Crippen LogP contribution < -0.4 is 20.1 Å². The van der Waals surface area contributed by atoms with Gasteiger partial charge in [0.2, 0.25) is 18.6 Å². The van der Waals surface area contributed by atoms with E-state index >= 15 is 0 Å². The molecule has 2 aliphatic heterocycles. The molecule has 0 bridgehead atoms. The van der Waals surface area contributed by atoms with Crippen LogP contribution in [0.5, 0.6) is 11.5 Å². The number of amides is 2. The van der Waals surface area contributed by atoms with Gasteiger partial charge < -0.3 is 20.1 Å². The first kappa shape index (κ1) is 22.0. The average Bonchev–Trinajstić information content (AvgIpc) is 3.57. The van der Waals surface area contributed by atoms with Crippen LogP contribution in [0, 0.1) is 0 Å². The van der Waals surface area contributed by atoms with Gasteiger partial charge in [-0.15, -0.1) is 0 Å². The van der Waals surface area contributed by atoms with Crippen molar-refractivity contribution in [1.29, 1.82) is 0 Å². The molecule has 0 radical (unpaired) electrons. The van der Waals surface area contributed by atoms with Gasteiger partial charge in [-0.2, -0.15) is 5.10 Å². The summed E-state index contributed by atoms with van der Waals surface area (Å²) >= 11 is 0. The second-order valence-electron chi connectivity index (χ2n) is 9.00. The van der Waals surface area contributed by atoms with Crippen LogP contribution in [0.15, 0.2) is 60.9 Å². The second-order valence-corrected chi connectivity index (χ2v) is 9.00. The summed E-state index contributed by atoms with van der Waals surface area (Å²) in [7, 11) is 0. The van der Waals surface area contributed by atoms with Gasteiger partial charge in [-0.25, -0.2) is 0 Å². The van der Waals surface area contributed by atoms with Crippen molar-refractivity contribution < 1.29 is 19.1 Å². The topological polar surface area (TPSA) is 94.5 Å². The third-order valence-corrected chi connectivity index (χ3v) is 6.41. The lowest BCUT2D eigenvalue weighted by molar-refractivity contribution is -0.122. The molecule has 1 atom stereocenters. The van der Waals surface area contributed by atoms with E-state index in [0.717, 1.165) is 22.6 Å². The van der Waals surface area contributed by atoms with E-state index in [-0.39, 0.29) is 18.6 Å². The number of ether oxygens (including phenoxy) is 2. The molecule has 2 aromatic carbocycles. The summed E-state index contributed by atoms with van der Waals surface area (Å²) in [6, 6.07) is 16.0. The second kappa shape index (κ2) is 9.59. The summed E-state index contributed by atoms with van der Waals surface area (Å²) in [5.41, 5.74) is 2.75. The third-order valence-electron chi connectivity index (χ3n) is 6.41. The van der Waals surface area contributed by atoms with Crippen LogP contribution in [-0.4, -0.2) is 33.9 Å². The number of fused-ring (bicyclic) bond motifs is 1. The fourth-order valence-corrected chi connectivity index (χ4v) is 4.62. The van der Waals surface area contributed by atoms with Gasteiger partial charge in [0, 0.05) is 36.7 Å². The van der Waals surface area contributed by atoms with Gasteiger partial charge in [0.05, 0.1) is 12.7 Å². The van der Waals surface area contributed by atoms with Crippen molar-refractivity contribution >= 4 is 11.8 Å². The first-order valence-corrected chi connectivity index (χ1v) is 11.6. The molecule has 0 aliphatic carbocycles. The highest BCUT2D eigenvalue weighted by atomic mass is 16.7. The van der Waals surface area contributed by atoms with Crippen molar-refractivity contribution in [2.45, 2.75) is 50.7 Å². The van der Waals surface area contributed by atoms with Gasteiger partial charge in [0.15, 0.2) is 11.5 Å². The van der Waals surface area contributed by atoms with Crippen molar-refractivity contribution in [3.05, 3.63) is 77.6 Å². The van der Waals surface area contributed by atoms with Gasteiger partial charge in [0.1, 0.15) is 0 Å². The minimum atomic E-state index is -0.428. The van der Waals surface area contributed by atoms with E-state index < -0.39 is 5.54 Å². The van der Waals surface area contributed by atoms with Crippen molar-refractivity contribution in [2.24, 2.45) is 0 Å².